The summed E-state index contributed by atoms with van der Waals surface area (Å²) in [7, 11) is 3.39. The lowest BCUT2D eigenvalue weighted by Gasteiger charge is -2.14. The summed E-state index contributed by atoms with van der Waals surface area (Å²) in [6.07, 6.45) is 2.55. The molecule has 3 N–H and O–H groups in total. The fourth-order valence-electron chi connectivity index (χ4n) is 3.09. The van der Waals surface area contributed by atoms with Gasteiger partial charge in [-0.2, -0.15) is 5.10 Å². The van der Waals surface area contributed by atoms with Crippen molar-refractivity contribution in [1.29, 1.82) is 0 Å². The smallest absolute Gasteiger partial charge is 0.191 e. The molecular weight excluding hydrogens is 519 g/mol. The van der Waals surface area contributed by atoms with Gasteiger partial charge in [0.25, 0.3) is 0 Å². The zero-order valence-corrected chi connectivity index (χ0v) is 20.6. The average Bonchev–Trinajstić information content (AvgIpc) is 3.53. The average molecular weight is 548 g/mol. The number of halogens is 1. The predicted molar refractivity (Wildman–Crippen MR) is 135 cm³/mol. The lowest BCUT2D eigenvalue weighted by Crippen LogP contribution is -2.36. The SMILES string of the molecule is CN=C(NCc1nc(-c2ccc(OC)cc2)n[nH]1)NCc1ccccc1OCC1CC1.I. The van der Waals surface area contributed by atoms with Crippen LogP contribution in [-0.2, 0) is 13.1 Å². The van der Waals surface area contributed by atoms with Crippen LogP contribution in [0.5, 0.6) is 11.5 Å². The molecule has 0 bridgehead atoms. The molecule has 2 aromatic carbocycles. The molecular formula is C23H29IN6O2. The molecule has 170 valence electrons. The van der Waals surface area contributed by atoms with Gasteiger partial charge in [0, 0.05) is 24.7 Å². The number of aromatic amines is 1. The number of methoxy groups -OCH3 is 1. The van der Waals surface area contributed by atoms with Gasteiger partial charge in [0.05, 0.1) is 20.3 Å². The van der Waals surface area contributed by atoms with Gasteiger partial charge in [-0.25, -0.2) is 4.98 Å². The van der Waals surface area contributed by atoms with Gasteiger partial charge in [0.2, 0.25) is 0 Å². The van der Waals surface area contributed by atoms with E-state index in [1.165, 1.54) is 12.8 Å². The summed E-state index contributed by atoms with van der Waals surface area (Å²) in [4.78, 5) is 8.84. The predicted octanol–water partition coefficient (Wildman–Crippen LogP) is 3.75. The molecule has 8 nitrogen and oxygen atoms in total. The Kier molecular flexibility index (Phi) is 8.72. The molecule has 1 heterocycles. The van der Waals surface area contributed by atoms with E-state index in [-0.39, 0.29) is 24.0 Å². The summed E-state index contributed by atoms with van der Waals surface area (Å²) in [5, 5.41) is 13.9. The van der Waals surface area contributed by atoms with E-state index in [4.69, 9.17) is 9.47 Å². The second-order valence-electron chi connectivity index (χ2n) is 7.48. The van der Waals surface area contributed by atoms with Gasteiger partial charge in [0.15, 0.2) is 11.8 Å². The minimum Gasteiger partial charge on any atom is -0.497 e. The van der Waals surface area contributed by atoms with Crippen molar-refractivity contribution < 1.29 is 9.47 Å². The zero-order chi connectivity index (χ0) is 21.5. The highest BCUT2D eigenvalue weighted by Crippen LogP contribution is 2.30. The Labute approximate surface area is 205 Å². The molecule has 0 atom stereocenters. The number of hydrogen-bond donors (Lipinski definition) is 3. The second kappa shape index (κ2) is 11.7. The summed E-state index contributed by atoms with van der Waals surface area (Å²) in [5.41, 5.74) is 2.03. The Morgan fingerprint density at radius 2 is 1.84 bits per heavy atom. The third-order valence-electron chi connectivity index (χ3n) is 5.12. The van der Waals surface area contributed by atoms with Crippen LogP contribution in [0.15, 0.2) is 53.5 Å². The van der Waals surface area contributed by atoms with Crippen LogP contribution in [-0.4, -0.2) is 41.9 Å². The second-order valence-corrected chi connectivity index (χ2v) is 7.48. The maximum absolute atomic E-state index is 5.98. The fraction of sp³-hybridized carbons (Fsp3) is 0.348. The van der Waals surface area contributed by atoms with E-state index in [2.05, 4.69) is 36.9 Å². The molecule has 0 saturated heterocycles. The van der Waals surface area contributed by atoms with Gasteiger partial charge in [0.1, 0.15) is 17.3 Å². The number of aliphatic imine (C=N–C) groups is 1. The van der Waals surface area contributed by atoms with Gasteiger partial charge in [-0.1, -0.05) is 18.2 Å². The highest BCUT2D eigenvalue weighted by Gasteiger charge is 2.22. The molecule has 1 aromatic heterocycles. The van der Waals surface area contributed by atoms with E-state index >= 15 is 0 Å². The van der Waals surface area contributed by atoms with Crippen LogP contribution in [0.1, 0.15) is 24.2 Å². The minimum atomic E-state index is 0. The molecule has 1 aliphatic rings. The number of H-pyrrole nitrogens is 1. The molecule has 0 spiro atoms. The Morgan fingerprint density at radius 1 is 1.09 bits per heavy atom. The summed E-state index contributed by atoms with van der Waals surface area (Å²) in [6, 6.07) is 15.8. The van der Waals surface area contributed by atoms with Gasteiger partial charge < -0.3 is 20.1 Å². The molecule has 1 saturated carbocycles. The highest BCUT2D eigenvalue weighted by molar-refractivity contribution is 14.0. The van der Waals surface area contributed by atoms with Crippen molar-refractivity contribution in [3.8, 4) is 22.9 Å². The largest absolute Gasteiger partial charge is 0.497 e. The molecule has 3 aromatic rings. The van der Waals surface area contributed by atoms with Crippen LogP contribution in [0.3, 0.4) is 0 Å². The van der Waals surface area contributed by atoms with Crippen LogP contribution in [0.4, 0.5) is 0 Å². The summed E-state index contributed by atoms with van der Waals surface area (Å²) >= 11 is 0. The standard InChI is InChI=1S/C23H28N6O2.HI/c1-24-23(25-13-18-5-3-4-6-20(18)31-15-16-7-8-16)26-14-21-27-22(29-28-21)17-9-11-19(30-2)12-10-17;/h3-6,9-12,16H,7-8,13-15H2,1-2H3,(H2,24,25,26)(H,27,28,29);1H. The first-order chi connectivity index (χ1) is 15.2. The first-order valence-corrected chi connectivity index (χ1v) is 10.5. The normalized spacial score (nSPS) is 13.2. The van der Waals surface area contributed by atoms with Gasteiger partial charge in [-0.3, -0.25) is 10.1 Å². The maximum atomic E-state index is 5.98. The summed E-state index contributed by atoms with van der Waals surface area (Å²) in [5.74, 6) is 4.50. The first-order valence-electron chi connectivity index (χ1n) is 10.5. The number of ether oxygens (including phenoxy) is 2. The van der Waals surface area contributed by atoms with E-state index in [0.29, 0.717) is 24.9 Å². The molecule has 0 radical (unpaired) electrons. The highest BCUT2D eigenvalue weighted by atomic mass is 127. The van der Waals surface area contributed by atoms with Crippen LogP contribution < -0.4 is 20.1 Å². The van der Waals surface area contributed by atoms with Crippen LogP contribution in [0.25, 0.3) is 11.4 Å². The van der Waals surface area contributed by atoms with Crippen molar-refractivity contribution in [2.45, 2.75) is 25.9 Å². The Morgan fingerprint density at radius 3 is 2.56 bits per heavy atom. The van der Waals surface area contributed by atoms with Crippen molar-refractivity contribution in [3.05, 3.63) is 59.9 Å². The molecule has 9 heteroatoms. The molecule has 1 aliphatic carbocycles. The van der Waals surface area contributed by atoms with E-state index < -0.39 is 0 Å². The quantitative estimate of drug-likeness (QED) is 0.214. The third-order valence-corrected chi connectivity index (χ3v) is 5.12. The van der Waals surface area contributed by atoms with Crippen molar-refractivity contribution >= 4 is 29.9 Å². The number of aromatic nitrogens is 3. The Hall–Kier alpha value is -2.82. The van der Waals surface area contributed by atoms with E-state index in [9.17, 15) is 0 Å². The number of nitrogens with one attached hydrogen (secondary N) is 3. The van der Waals surface area contributed by atoms with E-state index in [1.807, 2.05) is 42.5 Å². The van der Waals surface area contributed by atoms with E-state index in [0.717, 1.165) is 41.0 Å². The lowest BCUT2D eigenvalue weighted by atomic mass is 10.2. The first kappa shape index (κ1) is 23.8. The van der Waals surface area contributed by atoms with Crippen LogP contribution >= 0.6 is 24.0 Å². The van der Waals surface area contributed by atoms with Gasteiger partial charge >= 0.3 is 0 Å². The number of hydrogen-bond acceptors (Lipinski definition) is 5. The Balaban J connectivity index is 0.00000289. The number of benzene rings is 2. The molecule has 0 amide bonds. The fourth-order valence-corrected chi connectivity index (χ4v) is 3.09. The maximum Gasteiger partial charge on any atom is 0.191 e. The monoisotopic (exact) mass is 548 g/mol. The van der Waals surface area contributed by atoms with E-state index in [1.54, 1.807) is 14.2 Å². The van der Waals surface area contributed by atoms with Crippen molar-refractivity contribution in [3.63, 3.8) is 0 Å². The van der Waals surface area contributed by atoms with Gasteiger partial charge in [-0.15, -0.1) is 24.0 Å². The molecule has 4 rings (SSSR count). The van der Waals surface area contributed by atoms with Crippen molar-refractivity contribution in [1.82, 2.24) is 25.8 Å². The molecule has 0 aliphatic heterocycles. The minimum absolute atomic E-state index is 0. The molecule has 0 unspecified atom stereocenters. The zero-order valence-electron chi connectivity index (χ0n) is 18.3. The molecule has 1 fully saturated rings. The van der Waals surface area contributed by atoms with Crippen LogP contribution in [0, 0.1) is 5.92 Å². The number of nitrogens with zero attached hydrogens (tertiary/aromatic N) is 3. The number of rotatable bonds is 9. The Bertz CT molecular complexity index is 1020. The lowest BCUT2D eigenvalue weighted by molar-refractivity contribution is 0.296. The number of para-hydroxylation sites is 1. The molecule has 32 heavy (non-hydrogen) atoms. The van der Waals surface area contributed by atoms with Crippen molar-refractivity contribution in [2.24, 2.45) is 10.9 Å². The van der Waals surface area contributed by atoms with Gasteiger partial charge in [-0.05, 0) is 49.1 Å². The summed E-state index contributed by atoms with van der Waals surface area (Å²) in [6.45, 7) is 1.89. The van der Waals surface area contributed by atoms with Crippen LogP contribution in [0.2, 0.25) is 0 Å². The topological polar surface area (TPSA) is 96.5 Å². The third kappa shape index (κ3) is 6.59. The van der Waals surface area contributed by atoms with Crippen molar-refractivity contribution in [2.75, 3.05) is 20.8 Å². The summed E-state index contributed by atoms with van der Waals surface area (Å²) < 4.78 is 11.2. The number of guanidine groups is 1.